The van der Waals surface area contributed by atoms with Crippen molar-refractivity contribution < 1.29 is 36.7 Å². The van der Waals surface area contributed by atoms with E-state index >= 15 is 8.78 Å². The van der Waals surface area contributed by atoms with Gasteiger partial charge in [0.05, 0.1) is 47.2 Å². The quantitative estimate of drug-likeness (QED) is 0.144. The van der Waals surface area contributed by atoms with Crippen LogP contribution in [-0.4, -0.2) is 121 Å². The molecule has 0 radical (unpaired) electrons. The molecule has 0 bridgehead atoms. The lowest BCUT2D eigenvalue weighted by Gasteiger charge is -2.52. The van der Waals surface area contributed by atoms with Crippen LogP contribution in [0, 0.1) is 11.3 Å². The zero-order valence-corrected chi connectivity index (χ0v) is 36.3. The Hall–Kier alpha value is -5.83. The fourth-order valence-electron chi connectivity index (χ4n) is 11.0. The lowest BCUT2D eigenvalue weighted by Crippen LogP contribution is -2.58. The number of aryl methyl sites for hydroxylation is 1. The molecular weight excluding hydrogens is 853 g/mol. The number of para-hydroxylation sites is 1. The van der Waals surface area contributed by atoms with Crippen LogP contribution in [0.5, 0.6) is 0 Å². The third kappa shape index (κ3) is 7.82. The molecule has 17 nitrogen and oxygen atoms in total. The van der Waals surface area contributed by atoms with Crippen LogP contribution in [0.2, 0.25) is 0 Å². The van der Waals surface area contributed by atoms with Crippen molar-refractivity contribution in [3.05, 3.63) is 64.6 Å². The first-order chi connectivity index (χ1) is 31.2. The van der Waals surface area contributed by atoms with Crippen LogP contribution in [0.1, 0.15) is 92.3 Å². The molecule has 5 aliphatic rings. The molecular formula is C44H52F4N12O5. The van der Waals surface area contributed by atoms with Gasteiger partial charge in [-0.3, -0.25) is 38.4 Å². The fourth-order valence-corrected chi connectivity index (χ4v) is 11.0. The SMILES string of the molecule is CN(C[C@H]1CC[C@H](n2cc(NC(=O)c3cnn4ccc(N5CC6(CCOCC6)C5)nc34)c(C(F)F)n2)CC1)C1CCN(c2cccc3c2n(C)c(=O)n3C2CCC(=O)NC2=O)CC1(F)F. The maximum Gasteiger partial charge on any atom is 0.329 e. The molecule has 4 aliphatic heterocycles. The molecule has 5 fully saturated rings. The molecule has 346 valence electrons. The molecule has 2 N–H and O–H groups in total. The van der Waals surface area contributed by atoms with E-state index in [-0.39, 0.29) is 47.9 Å². The number of carbonyl (C=O) groups is 3. The minimum atomic E-state index is -3.11. The summed E-state index contributed by atoms with van der Waals surface area (Å²) < 4.78 is 72.4. The first-order valence-electron chi connectivity index (χ1n) is 22.4. The first kappa shape index (κ1) is 43.1. The van der Waals surface area contributed by atoms with Gasteiger partial charge in [0.15, 0.2) is 11.3 Å². The van der Waals surface area contributed by atoms with Gasteiger partial charge >= 0.3 is 5.69 Å². The van der Waals surface area contributed by atoms with E-state index in [1.165, 1.54) is 30.7 Å². The van der Waals surface area contributed by atoms with Crippen LogP contribution in [-0.2, 0) is 21.4 Å². The van der Waals surface area contributed by atoms with Gasteiger partial charge in [-0.25, -0.2) is 31.9 Å². The van der Waals surface area contributed by atoms with Crippen molar-refractivity contribution in [1.82, 2.24) is 43.7 Å². The highest BCUT2D eigenvalue weighted by atomic mass is 19.3. The van der Waals surface area contributed by atoms with Gasteiger partial charge in [0.1, 0.15) is 17.4 Å². The molecule has 3 amide bonds. The number of amides is 3. The Kier molecular flexibility index (Phi) is 11.0. The highest BCUT2D eigenvalue weighted by Crippen LogP contribution is 2.42. The predicted molar refractivity (Wildman–Crippen MR) is 231 cm³/mol. The van der Waals surface area contributed by atoms with Crippen LogP contribution < -0.4 is 26.1 Å². The number of aromatic nitrogens is 7. The minimum absolute atomic E-state index is 0.0880. The van der Waals surface area contributed by atoms with E-state index in [2.05, 4.69) is 25.7 Å². The minimum Gasteiger partial charge on any atom is -0.381 e. The third-order valence-corrected chi connectivity index (χ3v) is 14.5. The van der Waals surface area contributed by atoms with E-state index in [0.717, 1.165) is 39.1 Å². The molecule has 4 saturated heterocycles. The van der Waals surface area contributed by atoms with Gasteiger partial charge in [-0.2, -0.15) is 10.2 Å². The summed E-state index contributed by atoms with van der Waals surface area (Å²) in [5, 5.41) is 13.4. The summed E-state index contributed by atoms with van der Waals surface area (Å²) >= 11 is 0. The standard InChI is InChI=1S/C44H52F4N12O5/c1-54(33-12-16-56(25-44(33,47)48)30-4-3-5-31-37(30)55(2)42(64)60(31)32-10-11-35(61)52-41(32)63)21-26-6-8-27(9-7-26)59-22-29(36(53-59)38(45)46)50-40(62)28-20-49-58-17-13-34(51-39(28)58)57-23-43(24-57)14-18-65-19-15-43/h3-5,13,17,20,22,26-27,32-33,38H,6-12,14-16,18-19,21,23-25H2,1-2H3,(H,50,62)(H,52,61,63)/t26-,27-,32?,33?. The van der Waals surface area contributed by atoms with E-state index in [1.54, 1.807) is 48.3 Å². The number of ether oxygens (including phenoxy) is 1. The predicted octanol–water partition coefficient (Wildman–Crippen LogP) is 4.94. The Balaban J connectivity index is 0.762. The second kappa shape index (κ2) is 16.6. The summed E-state index contributed by atoms with van der Waals surface area (Å²) in [4.78, 5) is 61.8. The van der Waals surface area contributed by atoms with E-state index in [9.17, 15) is 28.0 Å². The monoisotopic (exact) mass is 904 g/mol. The topological polar surface area (TPSA) is 169 Å². The van der Waals surface area contributed by atoms with Crippen LogP contribution in [0.3, 0.4) is 0 Å². The van der Waals surface area contributed by atoms with Crippen molar-refractivity contribution in [1.29, 1.82) is 0 Å². The number of nitrogens with one attached hydrogen (secondary N) is 2. The number of rotatable bonds is 10. The third-order valence-electron chi connectivity index (χ3n) is 14.5. The van der Waals surface area contributed by atoms with E-state index in [0.29, 0.717) is 67.0 Å². The summed E-state index contributed by atoms with van der Waals surface area (Å²) in [6.07, 6.45) is 6.55. The molecule has 8 heterocycles. The Morgan fingerprint density at radius 1 is 1.02 bits per heavy atom. The Bertz CT molecular complexity index is 2710. The first-order valence-corrected chi connectivity index (χ1v) is 22.4. The average molecular weight is 905 g/mol. The number of anilines is 3. The smallest absolute Gasteiger partial charge is 0.329 e. The van der Waals surface area contributed by atoms with Crippen molar-refractivity contribution in [2.24, 2.45) is 18.4 Å². The largest absolute Gasteiger partial charge is 0.381 e. The lowest BCUT2D eigenvalue weighted by atomic mass is 9.73. The summed E-state index contributed by atoms with van der Waals surface area (Å²) in [6.45, 7) is 3.35. The number of piperidine rings is 2. The van der Waals surface area contributed by atoms with E-state index in [4.69, 9.17) is 9.72 Å². The van der Waals surface area contributed by atoms with Gasteiger partial charge in [0.25, 0.3) is 18.3 Å². The van der Waals surface area contributed by atoms with E-state index < -0.39 is 60.1 Å². The van der Waals surface area contributed by atoms with Gasteiger partial charge in [-0.05, 0) is 82.5 Å². The maximum absolute atomic E-state index is 16.2. The highest BCUT2D eigenvalue weighted by Gasteiger charge is 2.48. The second-order valence-electron chi connectivity index (χ2n) is 18.7. The van der Waals surface area contributed by atoms with Gasteiger partial charge < -0.3 is 19.9 Å². The molecule has 65 heavy (non-hydrogen) atoms. The van der Waals surface area contributed by atoms with Crippen LogP contribution >= 0.6 is 0 Å². The van der Waals surface area contributed by atoms with Crippen molar-refractivity contribution in [3.63, 3.8) is 0 Å². The Labute approximate surface area is 370 Å². The lowest BCUT2D eigenvalue weighted by molar-refractivity contribution is -0.135. The number of imide groups is 1. The van der Waals surface area contributed by atoms with E-state index in [1.807, 2.05) is 6.07 Å². The Morgan fingerprint density at radius 2 is 1.78 bits per heavy atom. The number of hydrogen-bond donors (Lipinski definition) is 2. The Morgan fingerprint density at radius 3 is 2.51 bits per heavy atom. The number of halogens is 4. The number of nitrogens with zero attached hydrogens (tertiary/aromatic N) is 10. The molecule has 2 unspecified atom stereocenters. The summed E-state index contributed by atoms with van der Waals surface area (Å²) in [7, 11) is 3.27. The fraction of sp³-hybridized carbons (Fsp3) is 0.568. The maximum atomic E-state index is 16.2. The molecule has 1 saturated carbocycles. The molecule has 5 aromatic rings. The normalized spacial score (nSPS) is 24.6. The number of hydrogen-bond acceptors (Lipinski definition) is 11. The summed E-state index contributed by atoms with van der Waals surface area (Å²) in [5.74, 6) is -3.90. The van der Waals surface area contributed by atoms with Crippen LogP contribution in [0.25, 0.3) is 16.7 Å². The molecule has 1 spiro atoms. The molecule has 2 atom stereocenters. The zero-order chi connectivity index (χ0) is 45.4. The number of benzene rings is 1. The van der Waals surface area contributed by atoms with Gasteiger partial charge in [-0.15, -0.1) is 0 Å². The van der Waals surface area contributed by atoms with Crippen LogP contribution in [0.15, 0.2) is 47.7 Å². The molecule has 4 aromatic heterocycles. The van der Waals surface area contributed by atoms with Crippen LogP contribution in [0.4, 0.5) is 34.8 Å². The summed E-state index contributed by atoms with van der Waals surface area (Å²) in [6, 6.07) is 4.79. The average Bonchev–Trinajstić information content (AvgIpc) is 3.97. The van der Waals surface area contributed by atoms with Gasteiger partial charge in [0.2, 0.25) is 11.8 Å². The summed E-state index contributed by atoms with van der Waals surface area (Å²) in [5.41, 5.74) is 0.928. The van der Waals surface area contributed by atoms with Crippen molar-refractivity contribution >= 4 is 51.6 Å². The molecule has 21 heteroatoms. The van der Waals surface area contributed by atoms with Gasteiger partial charge in [0, 0.05) is 70.7 Å². The highest BCUT2D eigenvalue weighted by molar-refractivity contribution is 6.08. The molecule has 1 aliphatic carbocycles. The molecule has 10 rings (SSSR count). The van der Waals surface area contributed by atoms with Crippen molar-refractivity contribution in [2.75, 3.05) is 68.1 Å². The number of carbonyl (C=O) groups excluding carboxylic acids is 3. The second-order valence-corrected chi connectivity index (χ2v) is 18.7. The van der Waals surface area contributed by atoms with Gasteiger partial charge in [-0.1, -0.05) is 6.07 Å². The zero-order valence-electron chi connectivity index (χ0n) is 36.3. The van der Waals surface area contributed by atoms with Crippen molar-refractivity contribution in [2.45, 2.75) is 88.3 Å². The molecule has 1 aromatic carbocycles. The number of imidazole rings is 1. The van der Waals surface area contributed by atoms with Crippen molar-refractivity contribution in [3.8, 4) is 0 Å². The number of alkyl halides is 4. The number of fused-ring (bicyclic) bond motifs is 2.